The van der Waals surface area contributed by atoms with E-state index in [0.717, 1.165) is 83.6 Å². The second-order valence-corrected chi connectivity index (χ2v) is 17.9. The van der Waals surface area contributed by atoms with E-state index in [9.17, 15) is 0 Å². The molecule has 0 radical (unpaired) electrons. The third-order valence-corrected chi connectivity index (χ3v) is 13.9. The maximum Gasteiger partial charge on any atom is 0.160 e. The highest BCUT2D eigenvalue weighted by Gasteiger charge is 2.22. The minimum atomic E-state index is 0.680. The minimum absolute atomic E-state index is 0.680. The Morgan fingerprint density at radius 3 is 1.49 bits per heavy atom. The quantitative estimate of drug-likeness (QED) is 0.150. The predicted molar refractivity (Wildman–Crippen MR) is 291 cm³/mol. The molecule has 14 aromatic rings. The van der Waals surface area contributed by atoms with Crippen LogP contribution < -0.4 is 0 Å². The van der Waals surface area contributed by atoms with Crippen LogP contribution in [0.1, 0.15) is 0 Å². The fourth-order valence-corrected chi connectivity index (χ4v) is 10.8. The smallest absolute Gasteiger partial charge is 0.160 e. The normalized spacial score (nSPS) is 11.7. The zero-order valence-electron chi connectivity index (χ0n) is 37.9. The SMILES string of the molecule is c1ccc(-c2nc(-c3ccc(-c4cccc5c4nc(-c4ccccc4)c4c5ccc5c4c4ccccc4n5-c4ccccc4)cc3)cc(-c3cccc(-n4c5ccccc5c5ccccc54)c3)n2)cc1. The van der Waals surface area contributed by atoms with Gasteiger partial charge in [-0.1, -0.05) is 194 Å². The molecule has 14 rings (SSSR count). The fourth-order valence-electron chi connectivity index (χ4n) is 10.8. The molecule has 4 heterocycles. The van der Waals surface area contributed by atoms with Gasteiger partial charge in [-0.25, -0.2) is 15.0 Å². The van der Waals surface area contributed by atoms with E-state index in [2.05, 4.69) is 240 Å². The summed E-state index contributed by atoms with van der Waals surface area (Å²) in [6.45, 7) is 0. The van der Waals surface area contributed by atoms with Crippen molar-refractivity contribution in [1.82, 2.24) is 24.1 Å². The first-order valence-corrected chi connectivity index (χ1v) is 23.8. The molecule has 0 saturated heterocycles. The molecule has 70 heavy (non-hydrogen) atoms. The van der Waals surface area contributed by atoms with Gasteiger partial charge in [0.25, 0.3) is 0 Å². The summed E-state index contributed by atoms with van der Waals surface area (Å²) in [5, 5.41) is 8.33. The van der Waals surface area contributed by atoms with E-state index < -0.39 is 0 Å². The third kappa shape index (κ3) is 6.36. The van der Waals surface area contributed by atoms with Gasteiger partial charge in [0.15, 0.2) is 5.82 Å². The Balaban J connectivity index is 0.916. The molecular formula is C65H41N5. The minimum Gasteiger partial charge on any atom is -0.309 e. The summed E-state index contributed by atoms with van der Waals surface area (Å²) in [7, 11) is 0. The summed E-state index contributed by atoms with van der Waals surface area (Å²) in [4.78, 5) is 16.1. The summed E-state index contributed by atoms with van der Waals surface area (Å²) in [5.74, 6) is 0.680. The monoisotopic (exact) mass is 891 g/mol. The van der Waals surface area contributed by atoms with Gasteiger partial charge in [0.05, 0.1) is 44.7 Å². The molecule has 0 N–H and O–H groups in total. The third-order valence-electron chi connectivity index (χ3n) is 13.9. The van der Waals surface area contributed by atoms with E-state index in [0.29, 0.717) is 5.82 Å². The number of benzene rings is 10. The lowest BCUT2D eigenvalue weighted by Crippen LogP contribution is -1.98. The number of hydrogen-bond acceptors (Lipinski definition) is 3. The largest absolute Gasteiger partial charge is 0.309 e. The number of aromatic nitrogens is 5. The molecule has 0 aliphatic carbocycles. The van der Waals surface area contributed by atoms with Gasteiger partial charge in [0.1, 0.15) is 0 Å². The molecule has 0 spiro atoms. The molecule has 0 amide bonds. The van der Waals surface area contributed by atoms with Crippen LogP contribution in [0.4, 0.5) is 0 Å². The summed E-state index contributed by atoms with van der Waals surface area (Å²) < 4.78 is 4.74. The first kappa shape index (κ1) is 39.7. The summed E-state index contributed by atoms with van der Waals surface area (Å²) in [6, 6.07) is 88.4. The Bertz CT molecular complexity index is 4270. The Morgan fingerprint density at radius 1 is 0.271 bits per heavy atom. The maximum atomic E-state index is 5.69. The van der Waals surface area contributed by atoms with E-state index in [1.54, 1.807) is 0 Å². The highest BCUT2D eigenvalue weighted by Crippen LogP contribution is 2.44. The predicted octanol–water partition coefficient (Wildman–Crippen LogP) is 16.7. The molecular weight excluding hydrogens is 851 g/mol. The molecule has 0 saturated carbocycles. The molecule has 0 fully saturated rings. The van der Waals surface area contributed by atoms with Crippen LogP contribution in [0.15, 0.2) is 249 Å². The Kier molecular flexibility index (Phi) is 9.14. The number of para-hydroxylation sites is 5. The molecule has 0 bridgehead atoms. The molecule has 0 atom stereocenters. The van der Waals surface area contributed by atoms with Crippen LogP contribution in [-0.4, -0.2) is 24.1 Å². The van der Waals surface area contributed by atoms with E-state index in [1.807, 2.05) is 18.2 Å². The van der Waals surface area contributed by atoms with Crippen LogP contribution in [0.3, 0.4) is 0 Å². The van der Waals surface area contributed by atoms with Gasteiger partial charge in [-0.05, 0) is 65.5 Å². The van der Waals surface area contributed by atoms with Crippen molar-refractivity contribution in [3.05, 3.63) is 249 Å². The fraction of sp³-hybridized carbons (Fsp3) is 0. The Labute approximate surface area is 403 Å². The number of hydrogen-bond donors (Lipinski definition) is 0. The standard InChI is InChI=1S/C65H41N5/c1-4-18-44(19-5-1)63-62-52(38-39-60-61(62)54-28-12-15-33-59(54)69(60)47-23-8-3-9-24-47)53-30-17-29-49(64(53)68-63)42-34-36-43(37-35-42)55-41-56(67-65(66-55)45-20-6-2-7-21-45)46-22-16-25-48(40-46)70-57-31-13-10-26-50(57)51-27-11-14-32-58(51)70/h1-41H. The van der Waals surface area contributed by atoms with Crippen LogP contribution in [0, 0.1) is 0 Å². The van der Waals surface area contributed by atoms with Gasteiger partial charge in [-0.3, -0.25) is 0 Å². The summed E-state index contributed by atoms with van der Waals surface area (Å²) in [5.41, 5.74) is 16.7. The number of nitrogens with zero attached hydrogens (tertiary/aromatic N) is 5. The molecule has 0 unspecified atom stereocenters. The van der Waals surface area contributed by atoms with Crippen LogP contribution in [-0.2, 0) is 0 Å². The van der Waals surface area contributed by atoms with E-state index in [1.165, 1.54) is 43.5 Å². The lowest BCUT2D eigenvalue weighted by atomic mass is 9.93. The van der Waals surface area contributed by atoms with Crippen molar-refractivity contribution in [2.24, 2.45) is 0 Å². The average molecular weight is 892 g/mol. The topological polar surface area (TPSA) is 48.5 Å². The van der Waals surface area contributed by atoms with Gasteiger partial charge in [0.2, 0.25) is 0 Å². The Hall–Kier alpha value is -9.45. The first-order chi connectivity index (χ1) is 34.7. The van der Waals surface area contributed by atoms with Crippen molar-refractivity contribution in [2.45, 2.75) is 0 Å². The molecule has 4 aromatic heterocycles. The summed E-state index contributed by atoms with van der Waals surface area (Å²) in [6.07, 6.45) is 0. The van der Waals surface area contributed by atoms with Crippen molar-refractivity contribution in [3.63, 3.8) is 0 Å². The average Bonchev–Trinajstić information content (AvgIpc) is 3.97. The molecule has 0 aliphatic rings. The van der Waals surface area contributed by atoms with Gasteiger partial charge in [-0.2, -0.15) is 0 Å². The van der Waals surface area contributed by atoms with E-state index in [4.69, 9.17) is 15.0 Å². The lowest BCUT2D eigenvalue weighted by Gasteiger charge is -2.15. The summed E-state index contributed by atoms with van der Waals surface area (Å²) >= 11 is 0. The van der Waals surface area contributed by atoms with Gasteiger partial charge in [0, 0.05) is 71.5 Å². The molecule has 326 valence electrons. The molecule has 0 aliphatic heterocycles. The van der Waals surface area contributed by atoms with Crippen molar-refractivity contribution >= 4 is 65.3 Å². The highest BCUT2D eigenvalue weighted by atomic mass is 15.0. The second-order valence-electron chi connectivity index (χ2n) is 17.9. The lowest BCUT2D eigenvalue weighted by molar-refractivity contribution is 1.16. The maximum absolute atomic E-state index is 5.69. The van der Waals surface area contributed by atoms with E-state index in [-0.39, 0.29) is 0 Å². The van der Waals surface area contributed by atoms with Crippen LogP contribution in [0.5, 0.6) is 0 Å². The van der Waals surface area contributed by atoms with Crippen molar-refractivity contribution in [1.29, 1.82) is 0 Å². The van der Waals surface area contributed by atoms with Gasteiger partial charge < -0.3 is 9.13 Å². The highest BCUT2D eigenvalue weighted by molar-refractivity contribution is 6.29. The van der Waals surface area contributed by atoms with Crippen LogP contribution in [0.2, 0.25) is 0 Å². The van der Waals surface area contributed by atoms with Crippen LogP contribution in [0.25, 0.3) is 133 Å². The van der Waals surface area contributed by atoms with Crippen molar-refractivity contribution < 1.29 is 0 Å². The molecule has 5 nitrogen and oxygen atoms in total. The zero-order valence-corrected chi connectivity index (χ0v) is 37.9. The second kappa shape index (κ2) is 16.1. The molecule has 5 heteroatoms. The first-order valence-electron chi connectivity index (χ1n) is 23.8. The molecule has 10 aromatic carbocycles. The van der Waals surface area contributed by atoms with Crippen molar-refractivity contribution in [2.75, 3.05) is 0 Å². The van der Waals surface area contributed by atoms with Gasteiger partial charge in [-0.15, -0.1) is 0 Å². The zero-order chi connectivity index (χ0) is 46.1. The van der Waals surface area contributed by atoms with Gasteiger partial charge >= 0.3 is 0 Å². The van der Waals surface area contributed by atoms with E-state index >= 15 is 0 Å². The number of pyridine rings is 1. The Morgan fingerprint density at radius 2 is 0.786 bits per heavy atom. The van der Waals surface area contributed by atoms with Crippen LogP contribution >= 0.6 is 0 Å². The van der Waals surface area contributed by atoms with Crippen molar-refractivity contribution in [3.8, 4) is 67.7 Å². The number of fused-ring (bicyclic) bond motifs is 10. The number of rotatable bonds is 7.